The van der Waals surface area contributed by atoms with Crippen molar-refractivity contribution in [1.29, 1.82) is 0 Å². The SMILES string of the molecule is I[C]1CCC1I. The molecule has 1 rings (SSSR count). The molecule has 1 radical (unpaired) electrons. The predicted octanol–water partition coefficient (Wildman–Crippen LogP) is 2.55. The molecular formula is C4H5I2. The Morgan fingerprint density at radius 1 is 1.67 bits per heavy atom. The van der Waals surface area contributed by atoms with Crippen LogP contribution in [0, 0.1) is 3.92 Å². The highest BCUT2D eigenvalue weighted by Crippen LogP contribution is 2.40. The van der Waals surface area contributed by atoms with E-state index < -0.39 is 0 Å². The van der Waals surface area contributed by atoms with Gasteiger partial charge in [0, 0.05) is 7.85 Å². The summed E-state index contributed by atoms with van der Waals surface area (Å²) >= 11 is 4.90. The average molecular weight is 307 g/mol. The first-order valence-corrected chi connectivity index (χ1v) is 4.28. The lowest BCUT2D eigenvalue weighted by molar-refractivity contribution is 0.679. The van der Waals surface area contributed by atoms with Crippen LogP contribution < -0.4 is 0 Å². The summed E-state index contributed by atoms with van der Waals surface area (Å²) in [6.45, 7) is 0. The molecule has 1 aliphatic rings. The molecule has 0 nitrogen and oxygen atoms in total. The summed E-state index contributed by atoms with van der Waals surface area (Å²) in [5.41, 5.74) is 0. The van der Waals surface area contributed by atoms with Gasteiger partial charge in [-0.15, -0.1) is 0 Å². The number of rotatable bonds is 0. The minimum atomic E-state index is 0.906. The molecule has 0 spiro atoms. The van der Waals surface area contributed by atoms with E-state index in [1.54, 1.807) is 3.92 Å². The molecule has 0 amide bonds. The summed E-state index contributed by atoms with van der Waals surface area (Å²) in [6.07, 6.45) is 2.78. The molecule has 0 saturated heterocycles. The Morgan fingerprint density at radius 3 is 2.17 bits per heavy atom. The standard InChI is InChI=1S/C4H5I2/c5-3-1-2-4(3)6/h3H,1-2H2. The van der Waals surface area contributed by atoms with Crippen LogP contribution in [0.4, 0.5) is 0 Å². The van der Waals surface area contributed by atoms with Crippen molar-refractivity contribution in [3.8, 4) is 0 Å². The van der Waals surface area contributed by atoms with E-state index in [9.17, 15) is 0 Å². The first-order chi connectivity index (χ1) is 2.80. The van der Waals surface area contributed by atoms with Gasteiger partial charge in [-0.3, -0.25) is 0 Å². The quantitative estimate of drug-likeness (QED) is 0.477. The van der Waals surface area contributed by atoms with E-state index >= 15 is 0 Å². The second kappa shape index (κ2) is 2.15. The lowest BCUT2D eigenvalue weighted by Crippen LogP contribution is -2.16. The maximum atomic E-state index is 2.47. The second-order valence-electron chi connectivity index (χ2n) is 1.45. The Morgan fingerprint density at radius 2 is 2.17 bits per heavy atom. The maximum Gasteiger partial charge on any atom is 0.0495 e. The van der Waals surface area contributed by atoms with Crippen molar-refractivity contribution in [3.63, 3.8) is 0 Å². The first-order valence-electron chi connectivity index (χ1n) is 1.96. The Balaban J connectivity index is 2.20. The lowest BCUT2D eigenvalue weighted by Gasteiger charge is -2.25. The zero-order valence-electron chi connectivity index (χ0n) is 3.25. The van der Waals surface area contributed by atoms with Crippen LogP contribution in [0.2, 0.25) is 0 Å². The van der Waals surface area contributed by atoms with Crippen molar-refractivity contribution >= 4 is 45.2 Å². The molecule has 0 aromatic heterocycles. The molecular weight excluding hydrogens is 302 g/mol. The molecule has 0 N–H and O–H groups in total. The number of hydrogen-bond acceptors (Lipinski definition) is 0. The monoisotopic (exact) mass is 307 g/mol. The Bertz CT molecular complexity index is 45.5. The molecule has 1 atom stereocenters. The second-order valence-corrected chi connectivity index (χ2v) is 4.34. The van der Waals surface area contributed by atoms with Crippen LogP contribution in [0.15, 0.2) is 0 Å². The van der Waals surface area contributed by atoms with Gasteiger partial charge < -0.3 is 0 Å². The van der Waals surface area contributed by atoms with Gasteiger partial charge in [0.2, 0.25) is 0 Å². The third-order valence-corrected chi connectivity index (χ3v) is 4.83. The van der Waals surface area contributed by atoms with Crippen molar-refractivity contribution in [2.45, 2.75) is 16.8 Å². The Labute approximate surface area is 65.4 Å². The molecule has 35 valence electrons. The lowest BCUT2D eigenvalue weighted by atomic mass is 10.0. The Hall–Kier alpha value is 1.46. The van der Waals surface area contributed by atoms with Crippen LogP contribution in [0.3, 0.4) is 0 Å². The fourth-order valence-corrected chi connectivity index (χ4v) is 1.61. The van der Waals surface area contributed by atoms with Crippen LogP contribution in [-0.4, -0.2) is 3.92 Å². The first kappa shape index (κ1) is 5.59. The van der Waals surface area contributed by atoms with Crippen LogP contribution in [0.25, 0.3) is 0 Å². The normalized spacial score (nSPS) is 36.0. The summed E-state index contributed by atoms with van der Waals surface area (Å²) in [5, 5.41) is 0. The number of halogens is 2. The van der Waals surface area contributed by atoms with Crippen LogP contribution in [-0.2, 0) is 0 Å². The summed E-state index contributed by atoms with van der Waals surface area (Å²) < 4.78 is 2.55. The van der Waals surface area contributed by atoms with Gasteiger partial charge in [-0.2, -0.15) is 0 Å². The number of hydrogen-bond donors (Lipinski definition) is 0. The zero-order valence-corrected chi connectivity index (χ0v) is 7.56. The fourth-order valence-electron chi connectivity index (χ4n) is 0.363. The van der Waals surface area contributed by atoms with Gasteiger partial charge in [-0.1, -0.05) is 45.2 Å². The van der Waals surface area contributed by atoms with Gasteiger partial charge in [-0.05, 0) is 12.8 Å². The van der Waals surface area contributed by atoms with E-state index in [-0.39, 0.29) is 0 Å². The van der Waals surface area contributed by atoms with Gasteiger partial charge in [0.15, 0.2) is 0 Å². The highest BCUT2D eigenvalue weighted by atomic mass is 127. The van der Waals surface area contributed by atoms with E-state index in [1.807, 2.05) is 0 Å². The molecule has 2 heteroatoms. The third kappa shape index (κ3) is 0.993. The van der Waals surface area contributed by atoms with Crippen LogP contribution in [0.5, 0.6) is 0 Å². The molecule has 1 fully saturated rings. The van der Waals surface area contributed by atoms with Gasteiger partial charge in [0.05, 0.1) is 0 Å². The summed E-state index contributed by atoms with van der Waals surface area (Å²) in [4.78, 5) is 0. The topological polar surface area (TPSA) is 0 Å². The van der Waals surface area contributed by atoms with Crippen molar-refractivity contribution in [2.75, 3.05) is 0 Å². The fraction of sp³-hybridized carbons (Fsp3) is 0.750. The zero-order chi connectivity index (χ0) is 4.57. The van der Waals surface area contributed by atoms with E-state index in [0.29, 0.717) is 0 Å². The summed E-state index contributed by atoms with van der Waals surface area (Å²) in [6, 6.07) is 0. The van der Waals surface area contributed by atoms with Crippen molar-refractivity contribution < 1.29 is 0 Å². The minimum Gasteiger partial charge on any atom is -0.0811 e. The number of alkyl halides is 1. The van der Waals surface area contributed by atoms with Gasteiger partial charge in [-0.25, -0.2) is 0 Å². The maximum absolute atomic E-state index is 2.47. The highest BCUT2D eigenvalue weighted by molar-refractivity contribution is 14.1. The summed E-state index contributed by atoms with van der Waals surface area (Å²) in [5.74, 6) is 0. The molecule has 1 unspecified atom stereocenters. The van der Waals surface area contributed by atoms with E-state index in [2.05, 4.69) is 45.2 Å². The molecule has 1 aliphatic carbocycles. The van der Waals surface area contributed by atoms with Crippen LogP contribution >= 0.6 is 45.2 Å². The molecule has 1 saturated carbocycles. The van der Waals surface area contributed by atoms with Gasteiger partial charge >= 0.3 is 0 Å². The van der Waals surface area contributed by atoms with Gasteiger partial charge in [0.1, 0.15) is 0 Å². The minimum absolute atomic E-state index is 0.906. The smallest absolute Gasteiger partial charge is 0.0495 e. The van der Waals surface area contributed by atoms with Crippen molar-refractivity contribution in [1.82, 2.24) is 0 Å². The average Bonchev–Trinajstić information content (AvgIpc) is 1.61. The molecule has 0 aromatic rings. The van der Waals surface area contributed by atoms with Crippen LogP contribution in [0.1, 0.15) is 12.8 Å². The molecule has 0 aromatic carbocycles. The van der Waals surface area contributed by atoms with E-state index in [1.165, 1.54) is 12.8 Å². The van der Waals surface area contributed by atoms with Crippen molar-refractivity contribution in [2.24, 2.45) is 0 Å². The van der Waals surface area contributed by atoms with Gasteiger partial charge in [0.25, 0.3) is 0 Å². The molecule has 0 aliphatic heterocycles. The predicted molar refractivity (Wildman–Crippen MR) is 44.3 cm³/mol. The molecule has 6 heavy (non-hydrogen) atoms. The largest absolute Gasteiger partial charge is 0.0811 e. The van der Waals surface area contributed by atoms with Crippen molar-refractivity contribution in [3.05, 3.63) is 3.92 Å². The molecule has 0 heterocycles. The Kier molecular flexibility index (Phi) is 2.01. The van der Waals surface area contributed by atoms with E-state index in [4.69, 9.17) is 0 Å². The third-order valence-electron chi connectivity index (χ3n) is 0.976. The molecule has 0 bridgehead atoms. The van der Waals surface area contributed by atoms with E-state index in [0.717, 1.165) is 3.92 Å². The summed E-state index contributed by atoms with van der Waals surface area (Å²) in [7, 11) is 0. The highest BCUT2D eigenvalue weighted by Gasteiger charge is 2.25.